The monoisotopic (exact) mass is 526 g/mol. The number of rotatable bonds is 5. The van der Waals surface area contributed by atoms with Gasteiger partial charge < -0.3 is 15.2 Å². The summed E-state index contributed by atoms with van der Waals surface area (Å²) < 4.78 is 45.3. The molecule has 13 heteroatoms. The number of fused-ring (bicyclic) bond motifs is 1. The molecule has 0 saturated carbocycles. The molecular formula is C25H21F3N6O4. The maximum absolute atomic E-state index is 13.6. The van der Waals surface area contributed by atoms with Gasteiger partial charge in [0.1, 0.15) is 17.3 Å². The van der Waals surface area contributed by atoms with E-state index >= 15 is 0 Å². The summed E-state index contributed by atoms with van der Waals surface area (Å²) in [5, 5.41) is 12.7. The molecular weight excluding hydrogens is 505 g/mol. The lowest BCUT2D eigenvalue weighted by molar-refractivity contribution is -0.141. The van der Waals surface area contributed by atoms with Crippen LogP contribution in [0.1, 0.15) is 18.7 Å². The Kier molecular flexibility index (Phi) is 6.63. The van der Waals surface area contributed by atoms with Gasteiger partial charge in [-0.1, -0.05) is 0 Å². The molecule has 0 aromatic carbocycles. The lowest BCUT2D eigenvalue weighted by atomic mass is 10.1. The van der Waals surface area contributed by atoms with Crippen LogP contribution >= 0.6 is 0 Å². The fraction of sp³-hybridized carbons (Fsp3) is 0.280. The minimum Gasteiger partial charge on any atom is -0.388 e. The van der Waals surface area contributed by atoms with Crippen molar-refractivity contribution < 1.29 is 27.8 Å². The predicted molar refractivity (Wildman–Crippen MR) is 129 cm³/mol. The van der Waals surface area contributed by atoms with E-state index < -0.39 is 41.5 Å². The average molecular weight is 526 g/mol. The van der Waals surface area contributed by atoms with Crippen molar-refractivity contribution >= 4 is 16.8 Å². The number of carbonyl (C=O) groups is 1. The number of nitrogens with zero attached hydrogens (tertiary/aromatic N) is 5. The van der Waals surface area contributed by atoms with Crippen LogP contribution in [0.5, 0.6) is 0 Å². The summed E-state index contributed by atoms with van der Waals surface area (Å²) >= 11 is 0. The maximum Gasteiger partial charge on any atom is 0.433 e. The van der Waals surface area contributed by atoms with E-state index in [2.05, 4.69) is 25.3 Å². The van der Waals surface area contributed by atoms with Crippen molar-refractivity contribution in [3.63, 3.8) is 0 Å². The van der Waals surface area contributed by atoms with Crippen LogP contribution in [-0.2, 0) is 15.7 Å². The number of hydrogen-bond donors (Lipinski definition) is 2. The van der Waals surface area contributed by atoms with Crippen LogP contribution in [0.2, 0.25) is 0 Å². The molecule has 38 heavy (non-hydrogen) atoms. The van der Waals surface area contributed by atoms with Crippen LogP contribution in [0.15, 0.2) is 60.0 Å². The standard InChI is InChI=1S/C25H21F3N6O4/c1-13(23(36)33-18-10-38-11-19(18)35)34-12-31-22-16(24(34)37)7-17(32-21(22)15-3-2-6-29-8-15)14-4-5-20(30-9-14)25(26,27)28/h2-9,12-13,18-19,35H,10-11H2,1H3,(H,33,36)/t13-,18+,19+/m0/s1. The molecule has 5 rings (SSSR count). The summed E-state index contributed by atoms with van der Waals surface area (Å²) in [6.07, 6.45) is -0.116. The van der Waals surface area contributed by atoms with E-state index in [1.807, 2.05) is 0 Å². The van der Waals surface area contributed by atoms with Gasteiger partial charge in [-0.2, -0.15) is 13.2 Å². The Morgan fingerprint density at radius 2 is 2.00 bits per heavy atom. The molecule has 1 saturated heterocycles. The summed E-state index contributed by atoms with van der Waals surface area (Å²) in [5.41, 5.74) is -0.123. The maximum atomic E-state index is 13.6. The Bertz CT molecular complexity index is 1540. The minimum absolute atomic E-state index is 0.0973. The first-order valence-electron chi connectivity index (χ1n) is 11.6. The van der Waals surface area contributed by atoms with Gasteiger partial charge in [-0.05, 0) is 37.3 Å². The van der Waals surface area contributed by atoms with E-state index in [4.69, 9.17) is 4.74 Å². The third-order valence-corrected chi connectivity index (χ3v) is 6.23. The molecule has 4 aromatic rings. The summed E-state index contributed by atoms with van der Waals surface area (Å²) in [5.74, 6) is -0.517. The van der Waals surface area contributed by atoms with Gasteiger partial charge in [0.05, 0.1) is 48.5 Å². The highest BCUT2D eigenvalue weighted by Gasteiger charge is 2.32. The largest absolute Gasteiger partial charge is 0.433 e. The first-order chi connectivity index (χ1) is 18.1. The smallest absolute Gasteiger partial charge is 0.388 e. The molecule has 0 aliphatic carbocycles. The predicted octanol–water partition coefficient (Wildman–Crippen LogP) is 2.37. The molecule has 0 spiro atoms. The van der Waals surface area contributed by atoms with Crippen LogP contribution < -0.4 is 10.9 Å². The molecule has 10 nitrogen and oxygen atoms in total. The molecule has 3 atom stereocenters. The number of nitrogens with one attached hydrogen (secondary N) is 1. The van der Waals surface area contributed by atoms with Gasteiger partial charge in [0, 0.05) is 29.7 Å². The number of aromatic nitrogens is 5. The fourth-order valence-corrected chi connectivity index (χ4v) is 4.09. The number of aliphatic hydroxyl groups is 1. The highest BCUT2D eigenvalue weighted by atomic mass is 19.4. The third-order valence-electron chi connectivity index (χ3n) is 6.23. The van der Waals surface area contributed by atoms with E-state index in [1.165, 1.54) is 31.6 Å². The molecule has 0 radical (unpaired) electrons. The molecule has 1 aliphatic rings. The molecule has 4 aromatic heterocycles. The van der Waals surface area contributed by atoms with Crippen molar-refractivity contribution in [1.29, 1.82) is 0 Å². The highest BCUT2D eigenvalue weighted by Crippen LogP contribution is 2.31. The van der Waals surface area contributed by atoms with E-state index in [9.17, 15) is 27.9 Å². The number of alkyl halides is 3. The minimum atomic E-state index is -4.61. The van der Waals surface area contributed by atoms with Crippen molar-refractivity contribution in [3.05, 3.63) is 71.3 Å². The molecule has 2 N–H and O–H groups in total. The molecule has 1 fully saturated rings. The zero-order valence-electron chi connectivity index (χ0n) is 19.9. The number of carbonyl (C=O) groups excluding carboxylic acids is 1. The Morgan fingerprint density at radius 3 is 2.63 bits per heavy atom. The van der Waals surface area contributed by atoms with Crippen LogP contribution in [-0.4, -0.2) is 60.9 Å². The van der Waals surface area contributed by atoms with E-state index in [1.54, 1.807) is 18.3 Å². The number of amides is 1. The topological polar surface area (TPSA) is 132 Å². The highest BCUT2D eigenvalue weighted by molar-refractivity contribution is 5.93. The van der Waals surface area contributed by atoms with Crippen molar-refractivity contribution in [1.82, 2.24) is 29.8 Å². The molecule has 5 heterocycles. The van der Waals surface area contributed by atoms with Gasteiger partial charge >= 0.3 is 6.18 Å². The van der Waals surface area contributed by atoms with Gasteiger partial charge in [0.25, 0.3) is 5.56 Å². The van der Waals surface area contributed by atoms with Crippen LogP contribution in [0.3, 0.4) is 0 Å². The summed E-state index contributed by atoms with van der Waals surface area (Å²) in [6.45, 7) is 1.76. The molecule has 196 valence electrons. The SMILES string of the molecule is C[C@@H](C(=O)N[C@@H]1COC[C@H]1O)n1cnc2c(-c3cccnc3)nc(-c3ccc(C(F)(F)F)nc3)cc2c1=O. The Morgan fingerprint density at radius 1 is 1.18 bits per heavy atom. The van der Waals surface area contributed by atoms with Crippen LogP contribution in [0.25, 0.3) is 33.4 Å². The van der Waals surface area contributed by atoms with E-state index in [-0.39, 0.29) is 41.1 Å². The molecule has 1 amide bonds. The number of hydrogen-bond acceptors (Lipinski definition) is 8. The second-order valence-corrected chi connectivity index (χ2v) is 8.78. The lowest BCUT2D eigenvalue weighted by Crippen LogP contribution is -2.46. The van der Waals surface area contributed by atoms with Gasteiger partial charge in [0.15, 0.2) is 0 Å². The normalized spacial score (nSPS) is 18.4. The summed E-state index contributed by atoms with van der Waals surface area (Å²) in [7, 11) is 0. The van der Waals surface area contributed by atoms with Crippen molar-refractivity contribution in [3.8, 4) is 22.5 Å². The van der Waals surface area contributed by atoms with Crippen LogP contribution in [0, 0.1) is 0 Å². The second-order valence-electron chi connectivity index (χ2n) is 8.78. The van der Waals surface area contributed by atoms with Crippen molar-refractivity contribution in [2.75, 3.05) is 13.2 Å². The van der Waals surface area contributed by atoms with E-state index in [0.717, 1.165) is 16.8 Å². The number of halogens is 3. The molecule has 1 aliphatic heterocycles. The van der Waals surface area contributed by atoms with Gasteiger partial charge in [-0.3, -0.25) is 24.1 Å². The van der Waals surface area contributed by atoms with Crippen molar-refractivity contribution in [2.45, 2.75) is 31.3 Å². The van der Waals surface area contributed by atoms with Gasteiger partial charge in [-0.15, -0.1) is 0 Å². The summed E-state index contributed by atoms with van der Waals surface area (Å²) in [4.78, 5) is 43.0. The lowest BCUT2D eigenvalue weighted by Gasteiger charge is -2.20. The van der Waals surface area contributed by atoms with Gasteiger partial charge in [0.2, 0.25) is 5.91 Å². The first kappa shape index (κ1) is 25.4. The van der Waals surface area contributed by atoms with Crippen molar-refractivity contribution in [2.24, 2.45) is 0 Å². The quantitative estimate of drug-likeness (QED) is 0.405. The Balaban J connectivity index is 1.61. The number of aliphatic hydroxyl groups excluding tert-OH is 1. The zero-order chi connectivity index (χ0) is 27.0. The number of ether oxygens (including phenoxy) is 1. The Labute approximate surface area is 213 Å². The van der Waals surface area contributed by atoms with Gasteiger partial charge in [-0.25, -0.2) is 9.97 Å². The average Bonchev–Trinajstić information content (AvgIpc) is 3.32. The first-order valence-corrected chi connectivity index (χ1v) is 11.6. The number of pyridine rings is 3. The molecule has 0 bridgehead atoms. The Hall–Kier alpha value is -4.23. The summed E-state index contributed by atoms with van der Waals surface area (Å²) in [6, 6.07) is 5.25. The zero-order valence-corrected chi connectivity index (χ0v) is 19.9. The second kappa shape index (κ2) is 9.91. The fourth-order valence-electron chi connectivity index (χ4n) is 4.09. The third kappa shape index (κ3) is 4.85. The van der Waals surface area contributed by atoms with Crippen LogP contribution in [0.4, 0.5) is 13.2 Å². The molecule has 0 unspecified atom stereocenters. The van der Waals surface area contributed by atoms with E-state index in [0.29, 0.717) is 5.56 Å².